The van der Waals surface area contributed by atoms with Crippen molar-refractivity contribution in [3.63, 3.8) is 0 Å². The zero-order valence-corrected chi connectivity index (χ0v) is 16.3. The maximum Gasteiger partial charge on any atom is 0.339 e. The number of benzene rings is 4. The van der Waals surface area contributed by atoms with Crippen molar-refractivity contribution in [2.24, 2.45) is 0 Å². The second-order valence-electron chi connectivity index (χ2n) is 5.61. The number of aromatic carboxylic acids is 1. The van der Waals surface area contributed by atoms with E-state index in [4.69, 9.17) is 28.3 Å². The molecule has 0 saturated carbocycles. The van der Waals surface area contributed by atoms with Crippen LogP contribution in [-0.4, -0.2) is 16.2 Å². The molecule has 142 valence electrons. The van der Waals surface area contributed by atoms with Gasteiger partial charge in [0.2, 0.25) is 0 Å². The molecule has 0 saturated heterocycles. The maximum absolute atomic E-state index is 10.7. The van der Waals surface area contributed by atoms with Crippen LogP contribution in [0, 0.1) is 0 Å². The molecule has 4 aromatic rings. The maximum atomic E-state index is 10.7. The first kappa shape index (κ1) is 21.3. The number of halogens is 2. The van der Waals surface area contributed by atoms with E-state index in [2.05, 4.69) is 0 Å². The normalized spacial score (nSPS) is 9.50. The summed E-state index contributed by atoms with van der Waals surface area (Å²) < 4.78 is 0. The minimum Gasteiger partial charge on any atom is -0.507 e. The van der Waals surface area contributed by atoms with Crippen LogP contribution in [0.1, 0.15) is 10.4 Å². The molecule has 0 bridgehead atoms. The summed E-state index contributed by atoms with van der Waals surface area (Å²) in [6.45, 7) is 0. The number of hydrogen-bond donors (Lipinski definition) is 2. The molecular formula is C23H18Cl2O3. The third-order valence-corrected chi connectivity index (χ3v) is 4.06. The van der Waals surface area contributed by atoms with Crippen LogP contribution < -0.4 is 0 Å². The van der Waals surface area contributed by atoms with E-state index >= 15 is 0 Å². The Kier molecular flexibility index (Phi) is 8.35. The predicted molar refractivity (Wildman–Crippen MR) is 115 cm³/mol. The van der Waals surface area contributed by atoms with Gasteiger partial charge in [0.25, 0.3) is 0 Å². The van der Waals surface area contributed by atoms with Crippen molar-refractivity contribution in [2.75, 3.05) is 0 Å². The first-order chi connectivity index (χ1) is 13.5. The van der Waals surface area contributed by atoms with E-state index in [9.17, 15) is 9.90 Å². The van der Waals surface area contributed by atoms with Crippen LogP contribution in [0.25, 0.3) is 10.8 Å². The van der Waals surface area contributed by atoms with Crippen molar-refractivity contribution in [3.05, 3.63) is 113 Å². The molecule has 3 nitrogen and oxygen atoms in total. The van der Waals surface area contributed by atoms with Gasteiger partial charge in [0, 0.05) is 10.0 Å². The number of hydrogen-bond acceptors (Lipinski definition) is 2. The number of phenols is 1. The largest absolute Gasteiger partial charge is 0.507 e. The van der Waals surface area contributed by atoms with Crippen molar-refractivity contribution in [2.45, 2.75) is 0 Å². The summed E-state index contributed by atoms with van der Waals surface area (Å²) in [5.74, 6) is -1.32. The van der Waals surface area contributed by atoms with Gasteiger partial charge in [0.05, 0.1) is 0 Å². The molecular weight excluding hydrogens is 395 g/mol. The second-order valence-corrected chi connectivity index (χ2v) is 6.49. The van der Waals surface area contributed by atoms with Gasteiger partial charge in [0.15, 0.2) is 0 Å². The fraction of sp³-hybridized carbons (Fsp3) is 0. The average molecular weight is 413 g/mol. The lowest BCUT2D eigenvalue weighted by Crippen LogP contribution is -1.96. The zero-order chi connectivity index (χ0) is 20.4. The minimum atomic E-state index is -1.12. The Hall–Kier alpha value is -3.01. The third-order valence-electron chi connectivity index (χ3n) is 3.56. The monoisotopic (exact) mass is 412 g/mol. The fourth-order valence-electron chi connectivity index (χ4n) is 2.23. The molecule has 0 fully saturated rings. The summed E-state index contributed by atoms with van der Waals surface area (Å²) in [6, 6.07) is 29.1. The molecule has 2 N–H and O–H groups in total. The zero-order valence-electron chi connectivity index (χ0n) is 14.8. The summed E-state index contributed by atoms with van der Waals surface area (Å²) in [4.78, 5) is 10.7. The number of carboxylic acid groups (broad SMARTS) is 1. The van der Waals surface area contributed by atoms with Crippen molar-refractivity contribution in [1.82, 2.24) is 0 Å². The Morgan fingerprint density at radius 3 is 1.39 bits per heavy atom. The molecule has 4 aromatic carbocycles. The molecule has 0 aliphatic rings. The molecule has 0 atom stereocenters. The highest BCUT2D eigenvalue weighted by atomic mass is 35.5. The van der Waals surface area contributed by atoms with Crippen LogP contribution in [0.4, 0.5) is 0 Å². The molecule has 28 heavy (non-hydrogen) atoms. The van der Waals surface area contributed by atoms with Gasteiger partial charge in [-0.3, -0.25) is 0 Å². The van der Waals surface area contributed by atoms with Crippen LogP contribution in [-0.2, 0) is 0 Å². The van der Waals surface area contributed by atoms with Gasteiger partial charge >= 0.3 is 5.97 Å². The van der Waals surface area contributed by atoms with Crippen LogP contribution in [0.5, 0.6) is 5.75 Å². The number of fused-ring (bicyclic) bond motifs is 1. The molecule has 0 unspecified atom stereocenters. The molecule has 4 rings (SSSR count). The number of carbonyl (C=O) groups is 1. The molecule has 0 aliphatic heterocycles. The van der Waals surface area contributed by atoms with E-state index in [1.54, 1.807) is 6.07 Å². The highest BCUT2D eigenvalue weighted by Gasteiger charge is 2.09. The average Bonchev–Trinajstić information content (AvgIpc) is 2.69. The summed E-state index contributed by atoms with van der Waals surface area (Å²) in [7, 11) is 0. The molecule has 0 aromatic heterocycles. The number of carboxylic acids is 1. The summed E-state index contributed by atoms with van der Waals surface area (Å²) in [6.07, 6.45) is 0. The number of aromatic hydroxyl groups is 1. The smallest absolute Gasteiger partial charge is 0.339 e. The molecule has 0 amide bonds. The van der Waals surface area contributed by atoms with Crippen LogP contribution >= 0.6 is 23.2 Å². The molecule has 0 spiro atoms. The van der Waals surface area contributed by atoms with Crippen LogP contribution in [0.3, 0.4) is 0 Å². The number of rotatable bonds is 1. The van der Waals surface area contributed by atoms with Gasteiger partial charge in [-0.1, -0.05) is 83.9 Å². The van der Waals surface area contributed by atoms with E-state index < -0.39 is 5.97 Å². The van der Waals surface area contributed by atoms with Crippen LogP contribution in [0.15, 0.2) is 97.1 Å². The first-order valence-electron chi connectivity index (χ1n) is 8.33. The summed E-state index contributed by atoms with van der Waals surface area (Å²) in [5, 5.41) is 21.4. The van der Waals surface area contributed by atoms with Crippen molar-refractivity contribution in [3.8, 4) is 5.75 Å². The van der Waals surface area contributed by atoms with Gasteiger partial charge in [0.1, 0.15) is 11.3 Å². The SMILES string of the molecule is Clc1ccccc1.Clc1ccccc1.O=C(O)c1cc2ccccc2cc1O. The predicted octanol–water partition coefficient (Wildman–Crippen LogP) is 6.92. The molecule has 5 heteroatoms. The topological polar surface area (TPSA) is 57.5 Å². The molecule has 0 radical (unpaired) electrons. The summed E-state index contributed by atoms with van der Waals surface area (Å²) >= 11 is 11.1. The highest BCUT2D eigenvalue weighted by molar-refractivity contribution is 6.30. The standard InChI is InChI=1S/C11H8O3.2C6H5Cl/c12-10-6-8-4-2-1-3-7(8)5-9(10)11(13)14;2*7-6-4-2-1-3-5-6/h1-6,12H,(H,13,14);2*1-5H. The van der Waals surface area contributed by atoms with E-state index in [0.29, 0.717) is 0 Å². The minimum absolute atomic E-state index is 0.0660. The lowest BCUT2D eigenvalue weighted by Gasteiger charge is -2.02. The van der Waals surface area contributed by atoms with Crippen molar-refractivity contribution >= 4 is 39.9 Å². The van der Waals surface area contributed by atoms with E-state index in [0.717, 1.165) is 20.8 Å². The summed E-state index contributed by atoms with van der Waals surface area (Å²) in [5.41, 5.74) is -0.0660. The van der Waals surface area contributed by atoms with E-state index in [1.165, 1.54) is 12.1 Å². The van der Waals surface area contributed by atoms with E-state index in [-0.39, 0.29) is 11.3 Å². The van der Waals surface area contributed by atoms with Gasteiger partial charge < -0.3 is 10.2 Å². The van der Waals surface area contributed by atoms with Crippen molar-refractivity contribution < 1.29 is 15.0 Å². The first-order valence-corrected chi connectivity index (χ1v) is 9.09. The Balaban J connectivity index is 0.000000168. The Bertz CT molecular complexity index is 982. The quantitative estimate of drug-likeness (QED) is 0.356. The van der Waals surface area contributed by atoms with E-state index in [1.807, 2.05) is 78.9 Å². The Morgan fingerprint density at radius 1 is 0.643 bits per heavy atom. The van der Waals surface area contributed by atoms with Gasteiger partial charge in [-0.05, 0) is 47.2 Å². The van der Waals surface area contributed by atoms with Crippen molar-refractivity contribution in [1.29, 1.82) is 0 Å². The second kappa shape index (κ2) is 11.0. The van der Waals surface area contributed by atoms with Crippen LogP contribution in [0.2, 0.25) is 10.0 Å². The van der Waals surface area contributed by atoms with Gasteiger partial charge in [-0.2, -0.15) is 0 Å². The third kappa shape index (κ3) is 6.95. The van der Waals surface area contributed by atoms with Gasteiger partial charge in [-0.25, -0.2) is 4.79 Å². The molecule has 0 heterocycles. The molecule has 0 aliphatic carbocycles. The lowest BCUT2D eigenvalue weighted by atomic mass is 10.1. The highest BCUT2D eigenvalue weighted by Crippen LogP contribution is 2.24. The van der Waals surface area contributed by atoms with Gasteiger partial charge in [-0.15, -0.1) is 0 Å². The Morgan fingerprint density at radius 2 is 1.04 bits per heavy atom. The Labute approximate surface area is 173 Å². The fourth-order valence-corrected chi connectivity index (χ4v) is 2.52. The lowest BCUT2D eigenvalue weighted by molar-refractivity contribution is 0.0694.